The Labute approximate surface area is 156 Å². The topological polar surface area (TPSA) is 43.4 Å². The molecule has 0 N–H and O–H groups in total. The SMILES string of the molecule is CCCCCCCCCCCCCCCC(=O)OC(=O)CCCCC. The number of carbonyl (C=O) groups is 2. The molecule has 0 amide bonds. The highest BCUT2D eigenvalue weighted by molar-refractivity contribution is 5.85. The fourth-order valence-electron chi connectivity index (χ4n) is 3.04. The van der Waals surface area contributed by atoms with Crippen molar-refractivity contribution in [3.8, 4) is 0 Å². The zero-order valence-electron chi connectivity index (χ0n) is 17.0. The number of ether oxygens (including phenoxy) is 1. The molecule has 0 unspecified atom stereocenters. The summed E-state index contributed by atoms with van der Waals surface area (Å²) in [5.74, 6) is -0.697. The predicted octanol–water partition coefficient (Wildman–Crippen LogP) is 7.12. The Balaban J connectivity index is 3.24. The summed E-state index contributed by atoms with van der Waals surface area (Å²) >= 11 is 0. The van der Waals surface area contributed by atoms with Gasteiger partial charge in [-0.05, 0) is 12.8 Å². The second-order valence-electron chi connectivity index (χ2n) is 7.30. The van der Waals surface area contributed by atoms with Gasteiger partial charge in [0.25, 0.3) is 0 Å². The highest BCUT2D eigenvalue weighted by Gasteiger charge is 2.09. The van der Waals surface area contributed by atoms with E-state index in [1.54, 1.807) is 0 Å². The highest BCUT2D eigenvalue weighted by Crippen LogP contribution is 2.13. The average Bonchev–Trinajstić information content (AvgIpc) is 2.59. The van der Waals surface area contributed by atoms with E-state index in [2.05, 4.69) is 13.8 Å². The van der Waals surface area contributed by atoms with Crippen molar-refractivity contribution in [2.24, 2.45) is 0 Å². The van der Waals surface area contributed by atoms with Crippen LogP contribution in [-0.4, -0.2) is 11.9 Å². The van der Waals surface area contributed by atoms with Crippen LogP contribution < -0.4 is 0 Å². The summed E-state index contributed by atoms with van der Waals surface area (Å²) in [4.78, 5) is 23.0. The zero-order chi connectivity index (χ0) is 18.6. The van der Waals surface area contributed by atoms with Gasteiger partial charge in [-0.3, -0.25) is 9.59 Å². The third-order valence-corrected chi connectivity index (χ3v) is 4.70. The summed E-state index contributed by atoms with van der Waals surface area (Å²) in [6, 6.07) is 0. The first-order valence-corrected chi connectivity index (χ1v) is 10.9. The van der Waals surface area contributed by atoms with Crippen LogP contribution in [0.1, 0.15) is 129 Å². The molecule has 0 aromatic rings. The van der Waals surface area contributed by atoms with E-state index in [9.17, 15) is 9.59 Å². The lowest BCUT2D eigenvalue weighted by atomic mass is 10.0. The molecule has 0 fully saturated rings. The highest BCUT2D eigenvalue weighted by atomic mass is 16.6. The van der Waals surface area contributed by atoms with E-state index < -0.39 is 0 Å². The lowest BCUT2D eigenvalue weighted by molar-refractivity contribution is -0.159. The molecule has 0 radical (unpaired) electrons. The fraction of sp³-hybridized carbons (Fsp3) is 0.909. The third-order valence-electron chi connectivity index (χ3n) is 4.70. The molecule has 0 heterocycles. The van der Waals surface area contributed by atoms with Crippen LogP contribution in [0.5, 0.6) is 0 Å². The first-order chi connectivity index (χ1) is 12.2. The molecule has 0 bridgehead atoms. The largest absolute Gasteiger partial charge is 0.393 e. The lowest BCUT2D eigenvalue weighted by Gasteiger charge is -2.04. The molecule has 0 rings (SSSR count). The maximum atomic E-state index is 11.5. The quantitative estimate of drug-likeness (QED) is 0.149. The minimum Gasteiger partial charge on any atom is -0.393 e. The Morgan fingerprint density at radius 1 is 0.480 bits per heavy atom. The van der Waals surface area contributed by atoms with Crippen LogP contribution in [0.25, 0.3) is 0 Å². The maximum Gasteiger partial charge on any atom is 0.313 e. The molecule has 0 aliphatic rings. The van der Waals surface area contributed by atoms with Gasteiger partial charge in [0.2, 0.25) is 0 Å². The first-order valence-electron chi connectivity index (χ1n) is 10.9. The van der Waals surface area contributed by atoms with Gasteiger partial charge in [0, 0.05) is 12.8 Å². The van der Waals surface area contributed by atoms with Gasteiger partial charge >= 0.3 is 11.9 Å². The maximum absolute atomic E-state index is 11.5. The van der Waals surface area contributed by atoms with Crippen molar-refractivity contribution in [1.29, 1.82) is 0 Å². The number of hydrogen-bond donors (Lipinski definition) is 0. The van der Waals surface area contributed by atoms with Crippen molar-refractivity contribution in [3.05, 3.63) is 0 Å². The lowest BCUT2D eigenvalue weighted by Crippen LogP contribution is -2.11. The number of rotatable bonds is 18. The number of unbranched alkanes of at least 4 members (excludes halogenated alkanes) is 14. The molecular weight excluding hydrogens is 312 g/mol. The Bertz CT molecular complexity index is 312. The molecular formula is C22H42O3. The van der Waals surface area contributed by atoms with E-state index in [0.29, 0.717) is 12.8 Å². The molecule has 0 aliphatic heterocycles. The second-order valence-corrected chi connectivity index (χ2v) is 7.30. The van der Waals surface area contributed by atoms with E-state index in [1.165, 1.54) is 70.6 Å². The Morgan fingerprint density at radius 3 is 1.16 bits per heavy atom. The monoisotopic (exact) mass is 354 g/mol. The van der Waals surface area contributed by atoms with Gasteiger partial charge in [0.05, 0.1) is 0 Å². The van der Waals surface area contributed by atoms with Gasteiger partial charge in [-0.25, -0.2) is 0 Å². The summed E-state index contributed by atoms with van der Waals surface area (Å²) < 4.78 is 4.83. The van der Waals surface area contributed by atoms with E-state index in [4.69, 9.17) is 4.74 Å². The van der Waals surface area contributed by atoms with Gasteiger partial charge in [-0.1, -0.05) is 104 Å². The van der Waals surface area contributed by atoms with Crippen LogP contribution in [0.3, 0.4) is 0 Å². The van der Waals surface area contributed by atoms with Crippen molar-refractivity contribution < 1.29 is 14.3 Å². The van der Waals surface area contributed by atoms with E-state index in [0.717, 1.165) is 32.1 Å². The van der Waals surface area contributed by atoms with Crippen LogP contribution in [0, 0.1) is 0 Å². The Kier molecular flexibility index (Phi) is 18.8. The molecule has 25 heavy (non-hydrogen) atoms. The molecule has 0 aromatic heterocycles. The summed E-state index contributed by atoms with van der Waals surface area (Å²) in [6.45, 7) is 4.35. The minimum atomic E-state index is -0.354. The van der Waals surface area contributed by atoms with Crippen LogP contribution in [0.15, 0.2) is 0 Å². The van der Waals surface area contributed by atoms with Crippen molar-refractivity contribution in [2.75, 3.05) is 0 Å². The van der Waals surface area contributed by atoms with Crippen molar-refractivity contribution >= 4 is 11.9 Å². The Hall–Kier alpha value is -0.860. The van der Waals surface area contributed by atoms with Crippen LogP contribution in [0.2, 0.25) is 0 Å². The normalized spacial score (nSPS) is 10.8. The summed E-state index contributed by atoms with van der Waals surface area (Å²) in [7, 11) is 0. The summed E-state index contributed by atoms with van der Waals surface area (Å²) in [6.07, 6.45) is 20.4. The van der Waals surface area contributed by atoms with Crippen LogP contribution in [-0.2, 0) is 14.3 Å². The number of hydrogen-bond acceptors (Lipinski definition) is 3. The first kappa shape index (κ1) is 24.1. The fourth-order valence-corrected chi connectivity index (χ4v) is 3.04. The second kappa shape index (κ2) is 19.5. The molecule has 3 nitrogen and oxygen atoms in total. The average molecular weight is 355 g/mol. The molecule has 0 saturated carbocycles. The van der Waals surface area contributed by atoms with Crippen molar-refractivity contribution in [3.63, 3.8) is 0 Å². The van der Waals surface area contributed by atoms with Gasteiger partial charge in [-0.15, -0.1) is 0 Å². The number of carbonyl (C=O) groups excluding carboxylic acids is 2. The molecule has 0 aliphatic carbocycles. The van der Waals surface area contributed by atoms with Crippen molar-refractivity contribution in [1.82, 2.24) is 0 Å². The van der Waals surface area contributed by atoms with Crippen LogP contribution >= 0.6 is 0 Å². The molecule has 0 aromatic carbocycles. The van der Waals surface area contributed by atoms with E-state index in [-0.39, 0.29) is 11.9 Å². The number of esters is 2. The van der Waals surface area contributed by atoms with Crippen LogP contribution in [0.4, 0.5) is 0 Å². The van der Waals surface area contributed by atoms with Gasteiger partial charge in [0.15, 0.2) is 0 Å². The molecule has 3 heteroatoms. The van der Waals surface area contributed by atoms with Gasteiger partial charge in [-0.2, -0.15) is 0 Å². The summed E-state index contributed by atoms with van der Waals surface area (Å²) in [5.41, 5.74) is 0. The molecule has 0 atom stereocenters. The molecule has 0 saturated heterocycles. The Morgan fingerprint density at radius 2 is 0.760 bits per heavy atom. The predicted molar refractivity (Wildman–Crippen MR) is 106 cm³/mol. The zero-order valence-corrected chi connectivity index (χ0v) is 17.0. The minimum absolute atomic E-state index is 0.343. The molecule has 0 spiro atoms. The van der Waals surface area contributed by atoms with Crippen molar-refractivity contribution in [2.45, 2.75) is 129 Å². The summed E-state index contributed by atoms with van der Waals surface area (Å²) in [5, 5.41) is 0. The third kappa shape index (κ3) is 19.3. The van der Waals surface area contributed by atoms with E-state index >= 15 is 0 Å². The van der Waals surface area contributed by atoms with E-state index in [1.807, 2.05) is 0 Å². The van der Waals surface area contributed by atoms with Gasteiger partial charge in [0.1, 0.15) is 0 Å². The smallest absolute Gasteiger partial charge is 0.313 e. The molecule has 148 valence electrons. The van der Waals surface area contributed by atoms with Gasteiger partial charge < -0.3 is 4.74 Å². The standard InChI is InChI=1S/C22H42O3/c1-3-5-7-8-9-10-11-12-13-14-15-16-18-20-22(24)25-21(23)19-17-6-4-2/h3-20H2,1-2H3.